The molecule has 0 saturated heterocycles. The van der Waals surface area contributed by atoms with E-state index in [2.05, 4.69) is 49.2 Å². The summed E-state index contributed by atoms with van der Waals surface area (Å²) in [6.07, 6.45) is 9.83. The average Bonchev–Trinajstić information content (AvgIpc) is 2.92. The summed E-state index contributed by atoms with van der Waals surface area (Å²) in [6.45, 7) is 13.1. The maximum atomic E-state index is 12.1. The predicted molar refractivity (Wildman–Crippen MR) is 138 cm³/mol. The molecule has 0 aromatic carbocycles. The zero-order valence-electron chi connectivity index (χ0n) is 22.3. The largest absolute Gasteiger partial charge is 0.496 e. The zero-order chi connectivity index (χ0) is 25.8. The van der Waals surface area contributed by atoms with Crippen molar-refractivity contribution in [1.82, 2.24) is 10.2 Å². The van der Waals surface area contributed by atoms with E-state index in [1.165, 1.54) is 5.57 Å². The quantitative estimate of drug-likeness (QED) is 0.330. The van der Waals surface area contributed by atoms with Crippen LogP contribution in [0.2, 0.25) is 0 Å². The van der Waals surface area contributed by atoms with Crippen LogP contribution in [0.4, 0.5) is 0 Å². The van der Waals surface area contributed by atoms with Crippen LogP contribution in [0.25, 0.3) is 0 Å². The molecule has 1 N–H and O–H groups in total. The number of carbonyl (C=O) groups is 1. The number of likely N-dealkylation sites (N-methyl/N-ethyl adjacent to an activating group) is 1. The van der Waals surface area contributed by atoms with E-state index in [1.54, 1.807) is 14.2 Å². The lowest BCUT2D eigenvalue weighted by Crippen LogP contribution is -2.39. The Morgan fingerprint density at radius 3 is 2.74 bits per heavy atom. The van der Waals surface area contributed by atoms with Crippen LogP contribution in [0.15, 0.2) is 46.8 Å². The lowest BCUT2D eigenvalue weighted by Gasteiger charge is -2.28. The lowest BCUT2D eigenvalue weighted by atomic mass is 9.93. The van der Waals surface area contributed by atoms with Gasteiger partial charge in [-0.25, -0.2) is 0 Å². The van der Waals surface area contributed by atoms with E-state index in [9.17, 15) is 4.79 Å². The molecule has 0 amide bonds. The molecule has 1 aliphatic carbocycles. The van der Waals surface area contributed by atoms with Crippen molar-refractivity contribution in [3.05, 3.63) is 46.8 Å². The summed E-state index contributed by atoms with van der Waals surface area (Å²) < 4.78 is 16.7. The Bertz CT molecular complexity index is 868. The van der Waals surface area contributed by atoms with Gasteiger partial charge in [-0.3, -0.25) is 9.69 Å². The summed E-state index contributed by atoms with van der Waals surface area (Å²) in [5.41, 5.74) is 2.97. The number of esters is 1. The number of hydrogen-bond acceptors (Lipinski definition) is 7. The molecule has 1 aliphatic heterocycles. The molecule has 1 heterocycles. The van der Waals surface area contributed by atoms with Crippen molar-refractivity contribution in [3.8, 4) is 6.07 Å². The highest BCUT2D eigenvalue weighted by molar-refractivity contribution is 5.74. The van der Waals surface area contributed by atoms with Crippen molar-refractivity contribution in [1.29, 1.82) is 5.26 Å². The third-order valence-electron chi connectivity index (χ3n) is 7.02. The fourth-order valence-corrected chi connectivity index (χ4v) is 4.35. The SMILES string of the molecule is CCN(CCNCCC1C=C(OC)C(C#N)=CC1)CC(OC)C1=C(\C)C(C)COC(=O)C(C)/C=C\1. The fraction of sp³-hybridized carbons (Fsp3) is 0.643. The van der Waals surface area contributed by atoms with Gasteiger partial charge in [0.15, 0.2) is 0 Å². The lowest BCUT2D eigenvalue weighted by molar-refractivity contribution is -0.147. The van der Waals surface area contributed by atoms with E-state index in [0.717, 1.165) is 51.1 Å². The molecule has 0 radical (unpaired) electrons. The number of ether oxygens (including phenoxy) is 3. The van der Waals surface area contributed by atoms with Crippen LogP contribution in [-0.4, -0.2) is 70.5 Å². The highest BCUT2D eigenvalue weighted by Crippen LogP contribution is 2.26. The molecule has 2 aliphatic rings. The predicted octanol–water partition coefficient (Wildman–Crippen LogP) is 4.00. The van der Waals surface area contributed by atoms with Gasteiger partial charge in [0.1, 0.15) is 11.8 Å². The molecule has 4 unspecified atom stereocenters. The van der Waals surface area contributed by atoms with E-state index >= 15 is 0 Å². The Hall–Kier alpha value is -2.40. The number of allylic oxidation sites excluding steroid dienone is 3. The summed E-state index contributed by atoms with van der Waals surface area (Å²) in [5.74, 6) is 0.772. The molecule has 7 nitrogen and oxygen atoms in total. The van der Waals surface area contributed by atoms with Gasteiger partial charge in [0.2, 0.25) is 0 Å². The summed E-state index contributed by atoms with van der Waals surface area (Å²) >= 11 is 0. The first kappa shape index (κ1) is 28.8. The van der Waals surface area contributed by atoms with Crippen LogP contribution in [0, 0.1) is 29.1 Å². The van der Waals surface area contributed by atoms with Gasteiger partial charge in [0.05, 0.1) is 31.3 Å². The standard InChI is InChI=1S/C28H43N3O4/c1-7-31(15-14-30-13-12-23-9-10-24(17-29)26(16-23)33-5)18-27(34-6)25-11-8-20(2)28(32)35-19-21(3)22(25)4/h8,10-11,16,20-21,23,27,30H,7,9,12-15,18-19H2,1-6H3/b11-8-,25-22+. The summed E-state index contributed by atoms with van der Waals surface area (Å²) in [5, 5.41) is 12.7. The zero-order valence-corrected chi connectivity index (χ0v) is 22.3. The minimum Gasteiger partial charge on any atom is -0.496 e. The summed E-state index contributed by atoms with van der Waals surface area (Å²) in [4.78, 5) is 14.5. The number of carbonyl (C=O) groups excluding carboxylic acids is 1. The molecule has 0 saturated carbocycles. The number of nitrogens with one attached hydrogen (secondary N) is 1. The van der Waals surface area contributed by atoms with Gasteiger partial charge in [-0.05, 0) is 57.3 Å². The third-order valence-corrected chi connectivity index (χ3v) is 7.02. The molecule has 0 aromatic heterocycles. The van der Waals surface area contributed by atoms with Crippen molar-refractivity contribution in [2.24, 2.45) is 17.8 Å². The molecule has 0 spiro atoms. The Kier molecular flexibility index (Phi) is 12.3. The number of nitriles is 1. The van der Waals surface area contributed by atoms with Gasteiger partial charge in [-0.1, -0.05) is 37.6 Å². The number of rotatable bonds is 12. The van der Waals surface area contributed by atoms with Crippen LogP contribution >= 0.6 is 0 Å². The fourth-order valence-electron chi connectivity index (χ4n) is 4.35. The topological polar surface area (TPSA) is 83.8 Å². The molecule has 35 heavy (non-hydrogen) atoms. The summed E-state index contributed by atoms with van der Waals surface area (Å²) in [7, 11) is 3.37. The minimum absolute atomic E-state index is 0.0741. The number of nitrogens with zero attached hydrogens (tertiary/aromatic N) is 2. The first-order valence-corrected chi connectivity index (χ1v) is 12.7. The third kappa shape index (κ3) is 8.64. The van der Waals surface area contributed by atoms with E-state index in [4.69, 9.17) is 19.5 Å². The Morgan fingerprint density at radius 1 is 1.31 bits per heavy atom. The van der Waals surface area contributed by atoms with E-state index in [1.807, 2.05) is 19.1 Å². The normalized spacial score (nSPS) is 27.0. The molecular formula is C28H43N3O4. The maximum Gasteiger partial charge on any atom is 0.312 e. The maximum absolute atomic E-state index is 12.1. The van der Waals surface area contributed by atoms with E-state index < -0.39 is 0 Å². The van der Waals surface area contributed by atoms with E-state index in [-0.39, 0.29) is 23.9 Å². The second-order valence-electron chi connectivity index (χ2n) is 9.43. The van der Waals surface area contributed by atoms with Crippen molar-refractivity contribution in [2.75, 3.05) is 53.6 Å². The van der Waals surface area contributed by atoms with Crippen LogP contribution in [0.3, 0.4) is 0 Å². The monoisotopic (exact) mass is 485 g/mol. The average molecular weight is 486 g/mol. The van der Waals surface area contributed by atoms with E-state index in [0.29, 0.717) is 23.9 Å². The number of methoxy groups -OCH3 is 2. The van der Waals surface area contributed by atoms with Gasteiger partial charge in [-0.15, -0.1) is 0 Å². The first-order valence-electron chi connectivity index (χ1n) is 12.7. The number of cyclic esters (lactones) is 1. The molecule has 4 atom stereocenters. The van der Waals surface area contributed by atoms with Gasteiger partial charge in [0.25, 0.3) is 0 Å². The van der Waals surface area contributed by atoms with Crippen molar-refractivity contribution in [2.45, 2.75) is 46.6 Å². The molecular weight excluding hydrogens is 442 g/mol. The highest BCUT2D eigenvalue weighted by Gasteiger charge is 2.23. The smallest absolute Gasteiger partial charge is 0.312 e. The highest BCUT2D eigenvalue weighted by atomic mass is 16.5. The van der Waals surface area contributed by atoms with Gasteiger partial charge in [-0.2, -0.15) is 5.26 Å². The molecule has 0 bridgehead atoms. The second kappa shape index (κ2) is 14.9. The molecule has 194 valence electrons. The van der Waals surface area contributed by atoms with Crippen molar-refractivity contribution < 1.29 is 19.0 Å². The molecule has 7 heteroatoms. The minimum atomic E-state index is -0.270. The Balaban J connectivity index is 1.89. The van der Waals surface area contributed by atoms with Crippen LogP contribution in [0.5, 0.6) is 0 Å². The molecule has 0 fully saturated rings. The summed E-state index contributed by atoms with van der Waals surface area (Å²) in [6, 6.07) is 2.19. The number of hydrogen-bond donors (Lipinski definition) is 1. The van der Waals surface area contributed by atoms with Crippen molar-refractivity contribution in [3.63, 3.8) is 0 Å². The Labute approximate surface area is 211 Å². The van der Waals surface area contributed by atoms with Crippen LogP contribution < -0.4 is 5.32 Å². The van der Waals surface area contributed by atoms with Crippen LogP contribution in [-0.2, 0) is 19.0 Å². The molecule has 2 rings (SSSR count). The van der Waals surface area contributed by atoms with Gasteiger partial charge in [0, 0.05) is 32.7 Å². The van der Waals surface area contributed by atoms with Crippen molar-refractivity contribution >= 4 is 5.97 Å². The van der Waals surface area contributed by atoms with Crippen LogP contribution in [0.1, 0.15) is 40.5 Å². The second-order valence-corrected chi connectivity index (χ2v) is 9.43. The van der Waals surface area contributed by atoms with Gasteiger partial charge >= 0.3 is 5.97 Å². The first-order chi connectivity index (χ1) is 16.8. The molecule has 0 aromatic rings. The Morgan fingerprint density at radius 2 is 2.09 bits per heavy atom. The van der Waals surface area contributed by atoms with Gasteiger partial charge < -0.3 is 19.5 Å².